The monoisotopic (exact) mass is 331 g/mol. The first-order valence-corrected chi connectivity index (χ1v) is 7.53. The minimum absolute atomic E-state index is 0.204. The number of halogens is 1. The van der Waals surface area contributed by atoms with Crippen molar-refractivity contribution in [2.45, 2.75) is 44.4 Å². The Bertz CT molecular complexity index is 416. The highest BCUT2D eigenvalue weighted by molar-refractivity contribution is 9.10. The summed E-state index contributed by atoms with van der Waals surface area (Å²) in [4.78, 5) is 0. The molecular formula is C13H22BrN3O2. The van der Waals surface area contributed by atoms with Gasteiger partial charge < -0.3 is 15.2 Å². The summed E-state index contributed by atoms with van der Waals surface area (Å²) in [5.74, 6) is 0. The predicted molar refractivity (Wildman–Crippen MR) is 76.9 cm³/mol. The maximum atomic E-state index is 6.52. The number of ether oxygens (including phenoxy) is 2. The van der Waals surface area contributed by atoms with Crippen LogP contribution in [-0.4, -0.2) is 35.7 Å². The molecule has 0 saturated carbocycles. The Morgan fingerprint density at radius 2 is 2.26 bits per heavy atom. The molecule has 1 aliphatic heterocycles. The van der Waals surface area contributed by atoms with Gasteiger partial charge in [0.2, 0.25) is 0 Å². The molecule has 2 rings (SSSR count). The van der Waals surface area contributed by atoms with Crippen LogP contribution in [0.15, 0.2) is 10.7 Å². The van der Waals surface area contributed by atoms with Crippen LogP contribution in [0.5, 0.6) is 0 Å². The smallest absolute Gasteiger partial charge is 0.0929 e. The molecule has 1 aromatic heterocycles. The standard InChI is InChI=1S/C13H22BrN3O2/c1-3-6-17-11(10(14)9-16-17)12(15)13(18-2)4-7-19-8-5-13/h9,12H,3-8,15H2,1-2H3. The topological polar surface area (TPSA) is 62.3 Å². The van der Waals surface area contributed by atoms with E-state index in [0.29, 0.717) is 13.2 Å². The first kappa shape index (κ1) is 15.0. The van der Waals surface area contributed by atoms with E-state index in [1.54, 1.807) is 7.11 Å². The van der Waals surface area contributed by atoms with Crippen molar-refractivity contribution in [2.24, 2.45) is 5.73 Å². The summed E-state index contributed by atoms with van der Waals surface area (Å²) in [6.45, 7) is 4.39. The minimum Gasteiger partial charge on any atom is -0.381 e. The Balaban J connectivity index is 2.31. The molecule has 108 valence electrons. The number of methoxy groups -OCH3 is 1. The highest BCUT2D eigenvalue weighted by Gasteiger charge is 2.41. The fourth-order valence-corrected chi connectivity index (χ4v) is 3.22. The summed E-state index contributed by atoms with van der Waals surface area (Å²) in [6, 6.07) is -0.204. The fourth-order valence-electron chi connectivity index (χ4n) is 2.68. The van der Waals surface area contributed by atoms with Gasteiger partial charge in [-0.25, -0.2) is 0 Å². The lowest BCUT2D eigenvalue weighted by Gasteiger charge is -2.40. The molecule has 1 saturated heterocycles. The Morgan fingerprint density at radius 1 is 1.58 bits per heavy atom. The molecule has 1 atom stereocenters. The maximum absolute atomic E-state index is 6.52. The van der Waals surface area contributed by atoms with Crippen LogP contribution in [0.2, 0.25) is 0 Å². The SMILES string of the molecule is CCCn1ncc(Br)c1C(N)C1(OC)CCOCC1. The Kier molecular flexibility index (Phi) is 5.00. The van der Waals surface area contributed by atoms with Crippen molar-refractivity contribution in [3.05, 3.63) is 16.4 Å². The Hall–Kier alpha value is -0.430. The molecule has 1 aromatic rings. The molecule has 2 N–H and O–H groups in total. The number of aromatic nitrogens is 2. The third kappa shape index (κ3) is 2.86. The van der Waals surface area contributed by atoms with Crippen LogP contribution in [0.3, 0.4) is 0 Å². The number of hydrogen-bond donors (Lipinski definition) is 1. The average Bonchev–Trinajstić information content (AvgIpc) is 2.80. The zero-order chi connectivity index (χ0) is 13.9. The van der Waals surface area contributed by atoms with Crippen LogP contribution in [0.1, 0.15) is 37.9 Å². The van der Waals surface area contributed by atoms with Crippen LogP contribution in [0, 0.1) is 0 Å². The van der Waals surface area contributed by atoms with Gasteiger partial charge in [0.25, 0.3) is 0 Å². The van der Waals surface area contributed by atoms with E-state index in [0.717, 1.165) is 36.0 Å². The van der Waals surface area contributed by atoms with Gasteiger partial charge in [0.15, 0.2) is 0 Å². The van der Waals surface area contributed by atoms with Gasteiger partial charge in [0.05, 0.1) is 28.0 Å². The van der Waals surface area contributed by atoms with Crippen molar-refractivity contribution >= 4 is 15.9 Å². The number of nitrogens with two attached hydrogens (primary N) is 1. The van der Waals surface area contributed by atoms with Gasteiger partial charge in [-0.05, 0) is 22.4 Å². The number of rotatable bonds is 5. The summed E-state index contributed by atoms with van der Waals surface area (Å²) in [6.07, 6.45) is 4.47. The van der Waals surface area contributed by atoms with E-state index in [1.165, 1.54) is 0 Å². The highest BCUT2D eigenvalue weighted by atomic mass is 79.9. The van der Waals surface area contributed by atoms with Crippen LogP contribution in [0.25, 0.3) is 0 Å². The second kappa shape index (κ2) is 6.35. The first-order valence-electron chi connectivity index (χ1n) is 6.74. The molecule has 0 aromatic carbocycles. The second-order valence-corrected chi connectivity index (χ2v) is 5.81. The zero-order valence-corrected chi connectivity index (χ0v) is 13.1. The molecule has 0 aliphatic carbocycles. The number of hydrogen-bond acceptors (Lipinski definition) is 4. The van der Waals surface area contributed by atoms with Gasteiger partial charge >= 0.3 is 0 Å². The Labute approximate surface area is 122 Å². The van der Waals surface area contributed by atoms with Gasteiger partial charge in [0.1, 0.15) is 0 Å². The molecule has 2 heterocycles. The van der Waals surface area contributed by atoms with Crippen molar-refractivity contribution < 1.29 is 9.47 Å². The summed E-state index contributed by atoms with van der Waals surface area (Å²) in [5, 5.41) is 4.39. The van der Waals surface area contributed by atoms with Gasteiger partial charge in [0, 0.05) is 39.7 Å². The summed E-state index contributed by atoms with van der Waals surface area (Å²) >= 11 is 3.56. The summed E-state index contributed by atoms with van der Waals surface area (Å²) in [7, 11) is 1.74. The van der Waals surface area contributed by atoms with Crippen molar-refractivity contribution in [1.82, 2.24) is 9.78 Å². The normalized spacial score (nSPS) is 20.4. The molecular weight excluding hydrogens is 310 g/mol. The van der Waals surface area contributed by atoms with E-state index in [9.17, 15) is 0 Å². The van der Waals surface area contributed by atoms with E-state index >= 15 is 0 Å². The van der Waals surface area contributed by atoms with Crippen LogP contribution < -0.4 is 5.73 Å². The summed E-state index contributed by atoms with van der Waals surface area (Å²) in [5.41, 5.74) is 7.18. The maximum Gasteiger partial charge on any atom is 0.0929 e. The average molecular weight is 332 g/mol. The third-order valence-electron chi connectivity index (χ3n) is 3.88. The molecule has 0 amide bonds. The predicted octanol–water partition coefficient (Wildman–Crippen LogP) is 2.25. The van der Waals surface area contributed by atoms with E-state index < -0.39 is 0 Å². The number of nitrogens with zero attached hydrogens (tertiary/aromatic N) is 2. The Morgan fingerprint density at radius 3 is 2.84 bits per heavy atom. The molecule has 5 nitrogen and oxygen atoms in total. The quantitative estimate of drug-likeness (QED) is 0.898. The molecule has 1 fully saturated rings. The third-order valence-corrected chi connectivity index (χ3v) is 4.49. The van der Waals surface area contributed by atoms with E-state index in [-0.39, 0.29) is 11.6 Å². The van der Waals surface area contributed by atoms with Gasteiger partial charge in [-0.1, -0.05) is 6.92 Å². The molecule has 1 aliphatic rings. The van der Waals surface area contributed by atoms with Gasteiger partial charge in [-0.15, -0.1) is 0 Å². The molecule has 0 spiro atoms. The largest absolute Gasteiger partial charge is 0.381 e. The first-order chi connectivity index (χ1) is 9.14. The minimum atomic E-state index is -0.355. The highest BCUT2D eigenvalue weighted by Crippen LogP contribution is 2.38. The molecule has 1 unspecified atom stereocenters. The van der Waals surface area contributed by atoms with Crippen LogP contribution >= 0.6 is 15.9 Å². The molecule has 6 heteroatoms. The lowest BCUT2D eigenvalue weighted by Crippen LogP contribution is -2.48. The van der Waals surface area contributed by atoms with E-state index in [2.05, 4.69) is 28.0 Å². The van der Waals surface area contributed by atoms with Gasteiger partial charge in [-0.2, -0.15) is 5.10 Å². The molecule has 0 bridgehead atoms. The zero-order valence-electron chi connectivity index (χ0n) is 11.6. The van der Waals surface area contributed by atoms with Crippen molar-refractivity contribution in [1.29, 1.82) is 0 Å². The van der Waals surface area contributed by atoms with Crippen molar-refractivity contribution in [3.8, 4) is 0 Å². The fraction of sp³-hybridized carbons (Fsp3) is 0.769. The van der Waals surface area contributed by atoms with Gasteiger partial charge in [-0.3, -0.25) is 4.68 Å². The number of aryl methyl sites for hydroxylation is 1. The molecule has 19 heavy (non-hydrogen) atoms. The second-order valence-electron chi connectivity index (χ2n) is 4.96. The van der Waals surface area contributed by atoms with E-state index in [4.69, 9.17) is 15.2 Å². The lowest BCUT2D eigenvalue weighted by molar-refractivity contribution is -0.106. The van der Waals surface area contributed by atoms with Crippen molar-refractivity contribution in [2.75, 3.05) is 20.3 Å². The van der Waals surface area contributed by atoms with E-state index in [1.807, 2.05) is 10.9 Å². The van der Waals surface area contributed by atoms with Crippen LogP contribution in [-0.2, 0) is 16.0 Å². The summed E-state index contributed by atoms with van der Waals surface area (Å²) < 4.78 is 14.2. The van der Waals surface area contributed by atoms with Crippen LogP contribution in [0.4, 0.5) is 0 Å². The lowest BCUT2D eigenvalue weighted by atomic mass is 9.84. The van der Waals surface area contributed by atoms with Crippen molar-refractivity contribution in [3.63, 3.8) is 0 Å². The molecule has 0 radical (unpaired) electrons.